The molecule has 1 aromatic rings. The van der Waals surface area contributed by atoms with E-state index >= 15 is 0 Å². The zero-order valence-electron chi connectivity index (χ0n) is 10.5. The third kappa shape index (κ3) is 3.50. The molecule has 0 spiro atoms. The Morgan fingerprint density at radius 1 is 1.53 bits per heavy atom. The van der Waals surface area contributed by atoms with Crippen molar-refractivity contribution in [1.29, 1.82) is 0 Å². The van der Waals surface area contributed by atoms with Gasteiger partial charge >= 0.3 is 0 Å². The maximum absolute atomic E-state index is 13.4. The van der Waals surface area contributed by atoms with Gasteiger partial charge in [-0.25, -0.2) is 10.8 Å². The van der Waals surface area contributed by atoms with Crippen LogP contribution in [-0.2, 0) is 0 Å². The molecule has 7 heteroatoms. The molecule has 0 amide bonds. The maximum atomic E-state index is 13.4. The van der Waals surface area contributed by atoms with Gasteiger partial charge in [0.05, 0.1) is 6.20 Å². The van der Waals surface area contributed by atoms with Crippen molar-refractivity contribution in [3.8, 4) is 5.88 Å². The number of rotatable bonds is 5. The third-order valence-electron chi connectivity index (χ3n) is 2.61. The molecule has 0 unspecified atom stereocenters. The van der Waals surface area contributed by atoms with Crippen LogP contribution in [-0.4, -0.2) is 41.1 Å². The average molecular weight is 243 g/mol. The van der Waals surface area contributed by atoms with E-state index < -0.39 is 5.82 Å². The fourth-order valence-corrected chi connectivity index (χ4v) is 0.896. The van der Waals surface area contributed by atoms with Crippen LogP contribution in [0, 0.1) is 5.82 Å². The number of aromatic nitrogens is 2. The summed E-state index contributed by atoms with van der Waals surface area (Å²) < 4.78 is 18.7. The van der Waals surface area contributed by atoms with Crippen LogP contribution in [0.4, 0.5) is 10.3 Å². The van der Waals surface area contributed by atoms with Crippen LogP contribution in [0.3, 0.4) is 0 Å². The summed E-state index contributed by atoms with van der Waals surface area (Å²) in [6, 6.07) is 0. The molecule has 0 aliphatic rings. The number of nitrogens with zero attached hydrogens (tertiary/aromatic N) is 3. The predicted molar refractivity (Wildman–Crippen MR) is 63.1 cm³/mol. The van der Waals surface area contributed by atoms with Crippen LogP contribution in [0.15, 0.2) is 6.20 Å². The van der Waals surface area contributed by atoms with Crippen molar-refractivity contribution < 1.29 is 9.13 Å². The molecule has 0 fully saturated rings. The summed E-state index contributed by atoms with van der Waals surface area (Å²) in [4.78, 5) is 9.39. The number of nitrogens with two attached hydrogens (primary N) is 1. The normalized spacial score (nSPS) is 11.7. The van der Waals surface area contributed by atoms with Crippen LogP contribution in [0.25, 0.3) is 0 Å². The van der Waals surface area contributed by atoms with Crippen molar-refractivity contribution in [2.45, 2.75) is 19.4 Å². The number of ether oxygens (including phenoxy) is 1. The van der Waals surface area contributed by atoms with Crippen molar-refractivity contribution >= 4 is 5.95 Å². The minimum Gasteiger partial charge on any atom is -0.474 e. The van der Waals surface area contributed by atoms with Gasteiger partial charge in [-0.15, -0.1) is 0 Å². The van der Waals surface area contributed by atoms with Gasteiger partial charge in [-0.2, -0.15) is 9.37 Å². The highest BCUT2D eigenvalue weighted by molar-refractivity contribution is 5.26. The molecule has 0 aliphatic heterocycles. The van der Waals surface area contributed by atoms with E-state index in [-0.39, 0.29) is 17.4 Å². The van der Waals surface area contributed by atoms with Gasteiger partial charge in [-0.05, 0) is 27.9 Å². The summed E-state index contributed by atoms with van der Waals surface area (Å²) in [7, 11) is 3.85. The molecular weight excluding hydrogens is 225 g/mol. The van der Waals surface area contributed by atoms with Gasteiger partial charge in [-0.3, -0.25) is 5.43 Å². The fraction of sp³-hybridized carbons (Fsp3) is 0.600. The number of hydrazine groups is 1. The lowest BCUT2D eigenvalue weighted by molar-refractivity contribution is 0.108. The number of hydrogen-bond acceptors (Lipinski definition) is 6. The van der Waals surface area contributed by atoms with Gasteiger partial charge in [0.1, 0.15) is 6.61 Å². The smallest absolute Gasteiger partial charge is 0.255 e. The van der Waals surface area contributed by atoms with Crippen molar-refractivity contribution in [2.75, 3.05) is 26.1 Å². The number of likely N-dealkylation sites (N-methyl/N-ethyl adjacent to an activating group) is 1. The summed E-state index contributed by atoms with van der Waals surface area (Å²) >= 11 is 0. The SMILES string of the molecule is CN(C)C(C)(C)COc1nc(NN)ncc1F. The first-order valence-electron chi connectivity index (χ1n) is 5.16. The molecule has 17 heavy (non-hydrogen) atoms. The quantitative estimate of drug-likeness (QED) is 0.583. The monoisotopic (exact) mass is 243 g/mol. The molecule has 0 radical (unpaired) electrons. The lowest BCUT2D eigenvalue weighted by Gasteiger charge is -2.31. The first-order valence-corrected chi connectivity index (χ1v) is 5.16. The lowest BCUT2D eigenvalue weighted by atomic mass is 10.1. The van der Waals surface area contributed by atoms with Gasteiger partial charge in [0.15, 0.2) is 0 Å². The molecule has 1 rings (SSSR count). The van der Waals surface area contributed by atoms with Crippen molar-refractivity contribution in [3.63, 3.8) is 0 Å². The number of hydrogen-bond donors (Lipinski definition) is 2. The Balaban J connectivity index is 2.75. The van der Waals surface area contributed by atoms with E-state index in [1.165, 1.54) is 0 Å². The zero-order chi connectivity index (χ0) is 13.1. The van der Waals surface area contributed by atoms with E-state index in [0.29, 0.717) is 6.61 Å². The highest BCUT2D eigenvalue weighted by atomic mass is 19.1. The van der Waals surface area contributed by atoms with Gasteiger partial charge in [0, 0.05) is 5.54 Å². The van der Waals surface area contributed by atoms with Crippen molar-refractivity contribution in [1.82, 2.24) is 14.9 Å². The first-order chi connectivity index (χ1) is 7.86. The second-order valence-electron chi connectivity index (χ2n) is 4.49. The molecule has 0 saturated carbocycles. The molecule has 0 aromatic carbocycles. The minimum atomic E-state index is -0.612. The van der Waals surface area contributed by atoms with Gasteiger partial charge < -0.3 is 9.64 Å². The number of nitrogens with one attached hydrogen (secondary N) is 1. The van der Waals surface area contributed by atoms with Crippen LogP contribution in [0.5, 0.6) is 5.88 Å². The molecule has 0 atom stereocenters. The molecular formula is C10H18FN5O. The summed E-state index contributed by atoms with van der Waals surface area (Å²) in [5, 5.41) is 0. The first kappa shape index (κ1) is 13.6. The second-order valence-corrected chi connectivity index (χ2v) is 4.49. The van der Waals surface area contributed by atoms with Crippen molar-refractivity contribution in [3.05, 3.63) is 12.0 Å². The highest BCUT2D eigenvalue weighted by Crippen LogP contribution is 2.17. The van der Waals surface area contributed by atoms with E-state index in [2.05, 4.69) is 15.4 Å². The summed E-state index contributed by atoms with van der Waals surface area (Å²) in [5.74, 6) is 4.53. The number of nitrogen functional groups attached to an aromatic ring is 1. The molecule has 1 aromatic heterocycles. The Morgan fingerprint density at radius 3 is 2.71 bits per heavy atom. The summed E-state index contributed by atoms with van der Waals surface area (Å²) in [6.07, 6.45) is 1.01. The third-order valence-corrected chi connectivity index (χ3v) is 2.61. The molecule has 0 aliphatic carbocycles. The average Bonchev–Trinajstić information content (AvgIpc) is 2.28. The highest BCUT2D eigenvalue weighted by Gasteiger charge is 2.22. The molecule has 3 N–H and O–H groups in total. The molecule has 1 heterocycles. The van der Waals surface area contributed by atoms with Crippen LogP contribution in [0.1, 0.15) is 13.8 Å². The van der Waals surface area contributed by atoms with E-state index in [9.17, 15) is 4.39 Å². The van der Waals surface area contributed by atoms with Gasteiger partial charge in [0.25, 0.3) is 5.88 Å². The van der Waals surface area contributed by atoms with Crippen LogP contribution < -0.4 is 16.0 Å². The Kier molecular flexibility index (Phi) is 4.19. The standard InChI is InChI=1S/C10H18FN5O/c1-10(2,16(3)4)6-17-8-7(11)5-13-9(14-8)15-12/h5H,6,12H2,1-4H3,(H,13,14,15). The fourth-order valence-electron chi connectivity index (χ4n) is 0.896. The Bertz CT molecular complexity index is 383. The zero-order valence-corrected chi connectivity index (χ0v) is 10.5. The van der Waals surface area contributed by atoms with E-state index in [0.717, 1.165) is 6.20 Å². The Labute approximate surface area is 100.0 Å². The molecule has 0 bridgehead atoms. The summed E-state index contributed by atoms with van der Waals surface area (Å²) in [6.45, 7) is 4.26. The van der Waals surface area contributed by atoms with Gasteiger partial charge in [-0.1, -0.05) is 0 Å². The Hall–Kier alpha value is -1.47. The molecule has 96 valence electrons. The van der Waals surface area contributed by atoms with E-state index in [1.807, 2.05) is 32.8 Å². The van der Waals surface area contributed by atoms with Crippen LogP contribution >= 0.6 is 0 Å². The van der Waals surface area contributed by atoms with E-state index in [1.54, 1.807) is 0 Å². The van der Waals surface area contributed by atoms with Gasteiger partial charge in [0.2, 0.25) is 11.8 Å². The minimum absolute atomic E-state index is 0.108. The molecule has 6 nitrogen and oxygen atoms in total. The molecule has 0 saturated heterocycles. The van der Waals surface area contributed by atoms with Crippen LogP contribution in [0.2, 0.25) is 0 Å². The predicted octanol–water partition coefficient (Wildman–Crippen LogP) is 0.620. The lowest BCUT2D eigenvalue weighted by Crippen LogP contribution is -2.43. The summed E-state index contributed by atoms with van der Waals surface area (Å²) in [5.41, 5.74) is 2.01. The van der Waals surface area contributed by atoms with E-state index in [4.69, 9.17) is 10.6 Å². The number of halogens is 1. The topological polar surface area (TPSA) is 76.3 Å². The second kappa shape index (κ2) is 5.24. The Morgan fingerprint density at radius 2 is 2.18 bits per heavy atom. The largest absolute Gasteiger partial charge is 0.474 e. The number of anilines is 1. The van der Waals surface area contributed by atoms with Crippen molar-refractivity contribution in [2.24, 2.45) is 5.84 Å². The maximum Gasteiger partial charge on any atom is 0.255 e.